The molecule has 3 aromatic rings. The first-order valence-electron chi connectivity index (χ1n) is 9.55. The predicted octanol–water partition coefficient (Wildman–Crippen LogP) is 4.74. The first kappa shape index (κ1) is 18.6. The minimum atomic E-state index is -0.0233. The van der Waals surface area contributed by atoms with E-state index < -0.39 is 0 Å². The van der Waals surface area contributed by atoms with Crippen LogP contribution in [0.1, 0.15) is 30.8 Å². The van der Waals surface area contributed by atoms with E-state index in [1.165, 1.54) is 4.88 Å². The van der Waals surface area contributed by atoms with E-state index in [1.54, 1.807) is 23.7 Å². The van der Waals surface area contributed by atoms with E-state index in [2.05, 4.69) is 10.3 Å². The van der Waals surface area contributed by atoms with E-state index in [-0.39, 0.29) is 17.9 Å². The molecule has 4 rings (SSSR count). The molecule has 1 atom stereocenters. The second-order valence-electron chi connectivity index (χ2n) is 7.24. The molecule has 0 radical (unpaired) electrons. The fraction of sp³-hybridized carbons (Fsp3) is 0.318. The smallest absolute Gasteiger partial charge is 0.227 e. The summed E-state index contributed by atoms with van der Waals surface area (Å²) in [6.07, 6.45) is 6.11. The molecule has 6 heteroatoms. The number of hydrogen-bond donors (Lipinski definition) is 1. The third kappa shape index (κ3) is 4.22. The Morgan fingerprint density at radius 2 is 1.93 bits per heavy atom. The number of aryl methyl sites for hydroxylation is 1. The van der Waals surface area contributed by atoms with E-state index >= 15 is 0 Å². The quantitative estimate of drug-likeness (QED) is 0.680. The molecule has 0 spiro atoms. The van der Waals surface area contributed by atoms with Crippen LogP contribution in [0.5, 0.6) is 5.75 Å². The fourth-order valence-electron chi connectivity index (χ4n) is 3.35. The summed E-state index contributed by atoms with van der Waals surface area (Å²) in [5.41, 5.74) is 3.02. The Kier molecular flexibility index (Phi) is 5.39. The molecule has 0 bridgehead atoms. The Morgan fingerprint density at radius 1 is 1.18 bits per heavy atom. The van der Waals surface area contributed by atoms with Gasteiger partial charge in [-0.2, -0.15) is 0 Å². The third-order valence-electron chi connectivity index (χ3n) is 4.73. The lowest BCUT2D eigenvalue weighted by molar-refractivity contribution is -0.120. The summed E-state index contributed by atoms with van der Waals surface area (Å²) in [6, 6.07) is 11.5. The van der Waals surface area contributed by atoms with Crippen LogP contribution < -0.4 is 10.1 Å². The van der Waals surface area contributed by atoms with Crippen molar-refractivity contribution in [2.45, 2.75) is 39.2 Å². The summed E-state index contributed by atoms with van der Waals surface area (Å²) in [4.78, 5) is 22.8. The predicted molar refractivity (Wildman–Crippen MR) is 112 cm³/mol. The standard InChI is InChI=1S/C22H23N3O2S/c1-14(2)27-18-6-4-17(5-7-18)24-21(26)16-3-8-19-20(13-16)28-22(25-19)15-9-11-23-12-10-15/h4-7,9-12,14,16H,3,8,13H2,1-2H3,(H,24,26). The molecular formula is C22H23N3O2S. The molecule has 1 aliphatic rings. The van der Waals surface area contributed by atoms with Crippen molar-refractivity contribution in [3.8, 4) is 16.3 Å². The van der Waals surface area contributed by atoms with Crippen molar-refractivity contribution >= 4 is 22.9 Å². The van der Waals surface area contributed by atoms with Crippen molar-refractivity contribution in [1.82, 2.24) is 9.97 Å². The highest BCUT2D eigenvalue weighted by atomic mass is 32.1. The zero-order valence-corrected chi connectivity index (χ0v) is 16.8. The highest BCUT2D eigenvalue weighted by Crippen LogP contribution is 2.35. The lowest BCUT2D eigenvalue weighted by Gasteiger charge is -2.20. The fourth-order valence-corrected chi connectivity index (χ4v) is 4.54. The number of thiazole rings is 1. The second-order valence-corrected chi connectivity index (χ2v) is 8.33. The van der Waals surface area contributed by atoms with Gasteiger partial charge in [-0.1, -0.05) is 0 Å². The molecule has 0 saturated carbocycles. The first-order valence-corrected chi connectivity index (χ1v) is 10.4. The molecule has 5 nitrogen and oxygen atoms in total. The number of hydrogen-bond acceptors (Lipinski definition) is 5. The minimum absolute atomic E-state index is 0.0233. The zero-order valence-electron chi connectivity index (χ0n) is 16.0. The van der Waals surface area contributed by atoms with E-state index in [1.807, 2.05) is 50.2 Å². The van der Waals surface area contributed by atoms with E-state index in [4.69, 9.17) is 9.72 Å². The summed E-state index contributed by atoms with van der Waals surface area (Å²) in [5, 5.41) is 4.05. The number of amides is 1. The number of anilines is 1. The van der Waals surface area contributed by atoms with Gasteiger partial charge in [-0.25, -0.2) is 4.98 Å². The number of aromatic nitrogens is 2. The number of ether oxygens (including phenoxy) is 1. The highest BCUT2D eigenvalue weighted by molar-refractivity contribution is 7.15. The molecule has 2 aromatic heterocycles. The van der Waals surface area contributed by atoms with Crippen LogP contribution in [0.25, 0.3) is 10.6 Å². The molecule has 1 unspecified atom stereocenters. The van der Waals surface area contributed by atoms with Gasteiger partial charge in [0.25, 0.3) is 0 Å². The van der Waals surface area contributed by atoms with Crippen LogP contribution in [-0.2, 0) is 17.6 Å². The van der Waals surface area contributed by atoms with Crippen LogP contribution in [0.2, 0.25) is 0 Å². The van der Waals surface area contributed by atoms with Crippen LogP contribution in [0.4, 0.5) is 5.69 Å². The van der Waals surface area contributed by atoms with Gasteiger partial charge in [0.15, 0.2) is 0 Å². The number of rotatable bonds is 5. The second kappa shape index (κ2) is 8.10. The molecule has 2 heterocycles. The Balaban J connectivity index is 1.41. The maximum atomic E-state index is 12.8. The third-order valence-corrected chi connectivity index (χ3v) is 5.90. The summed E-state index contributed by atoms with van der Waals surface area (Å²) < 4.78 is 5.65. The van der Waals surface area contributed by atoms with Crippen molar-refractivity contribution in [3.63, 3.8) is 0 Å². The summed E-state index contributed by atoms with van der Waals surface area (Å²) >= 11 is 1.69. The largest absolute Gasteiger partial charge is 0.491 e. The monoisotopic (exact) mass is 393 g/mol. The van der Waals surface area contributed by atoms with Gasteiger partial charge in [-0.05, 0) is 69.5 Å². The van der Waals surface area contributed by atoms with Crippen molar-refractivity contribution in [2.24, 2.45) is 5.92 Å². The molecule has 0 fully saturated rings. The van der Waals surface area contributed by atoms with Gasteiger partial charge in [0.1, 0.15) is 10.8 Å². The SMILES string of the molecule is CC(C)Oc1ccc(NC(=O)C2CCc3nc(-c4ccncc4)sc3C2)cc1. The van der Waals surface area contributed by atoms with Crippen molar-refractivity contribution in [1.29, 1.82) is 0 Å². The van der Waals surface area contributed by atoms with E-state index in [0.717, 1.165) is 47.0 Å². The van der Waals surface area contributed by atoms with Gasteiger partial charge in [0.2, 0.25) is 5.91 Å². The lowest BCUT2D eigenvalue weighted by atomic mass is 9.90. The Hall–Kier alpha value is -2.73. The summed E-state index contributed by atoms with van der Waals surface area (Å²) in [7, 11) is 0. The van der Waals surface area contributed by atoms with Gasteiger partial charge in [0.05, 0.1) is 11.8 Å². The molecule has 0 saturated heterocycles. The van der Waals surface area contributed by atoms with Crippen LogP contribution in [-0.4, -0.2) is 22.0 Å². The van der Waals surface area contributed by atoms with Gasteiger partial charge in [0, 0.05) is 34.4 Å². The topological polar surface area (TPSA) is 64.1 Å². The molecule has 1 amide bonds. The first-order chi connectivity index (χ1) is 13.6. The van der Waals surface area contributed by atoms with Gasteiger partial charge in [-0.3, -0.25) is 9.78 Å². The number of fused-ring (bicyclic) bond motifs is 1. The van der Waals surface area contributed by atoms with Gasteiger partial charge < -0.3 is 10.1 Å². The maximum absolute atomic E-state index is 12.8. The van der Waals surface area contributed by atoms with Gasteiger partial charge in [-0.15, -0.1) is 11.3 Å². The van der Waals surface area contributed by atoms with Crippen LogP contribution >= 0.6 is 11.3 Å². The van der Waals surface area contributed by atoms with Crippen molar-refractivity contribution in [3.05, 3.63) is 59.4 Å². The molecule has 1 N–H and O–H groups in total. The Bertz CT molecular complexity index is 952. The number of carbonyl (C=O) groups excluding carboxylic acids is 1. The normalized spacial score (nSPS) is 15.9. The molecule has 28 heavy (non-hydrogen) atoms. The summed E-state index contributed by atoms with van der Waals surface area (Å²) in [5.74, 6) is 0.857. The number of nitrogens with one attached hydrogen (secondary N) is 1. The average molecular weight is 394 g/mol. The number of benzene rings is 1. The summed E-state index contributed by atoms with van der Waals surface area (Å²) in [6.45, 7) is 3.99. The van der Waals surface area contributed by atoms with Crippen LogP contribution in [0.15, 0.2) is 48.8 Å². The molecule has 1 aromatic carbocycles. The minimum Gasteiger partial charge on any atom is -0.491 e. The lowest BCUT2D eigenvalue weighted by Crippen LogP contribution is -2.27. The number of carbonyl (C=O) groups is 1. The molecule has 0 aliphatic heterocycles. The Labute approximate surface area is 168 Å². The molecular weight excluding hydrogens is 370 g/mol. The van der Waals surface area contributed by atoms with E-state index in [9.17, 15) is 4.79 Å². The zero-order chi connectivity index (χ0) is 19.5. The van der Waals surface area contributed by atoms with Gasteiger partial charge >= 0.3 is 0 Å². The number of nitrogens with zero attached hydrogens (tertiary/aromatic N) is 2. The van der Waals surface area contributed by atoms with Crippen LogP contribution in [0.3, 0.4) is 0 Å². The average Bonchev–Trinajstić information content (AvgIpc) is 3.13. The van der Waals surface area contributed by atoms with E-state index in [0.29, 0.717) is 0 Å². The maximum Gasteiger partial charge on any atom is 0.227 e. The molecule has 1 aliphatic carbocycles. The van der Waals surface area contributed by atoms with Crippen molar-refractivity contribution in [2.75, 3.05) is 5.32 Å². The highest BCUT2D eigenvalue weighted by Gasteiger charge is 2.27. The van der Waals surface area contributed by atoms with Crippen LogP contribution in [0, 0.1) is 5.92 Å². The molecule has 144 valence electrons. The number of pyridine rings is 1. The Morgan fingerprint density at radius 3 is 2.64 bits per heavy atom. The van der Waals surface area contributed by atoms with Crippen molar-refractivity contribution < 1.29 is 9.53 Å².